The van der Waals surface area contributed by atoms with Crippen molar-refractivity contribution in [1.29, 1.82) is 0 Å². The van der Waals surface area contributed by atoms with E-state index in [0.29, 0.717) is 12.2 Å². The summed E-state index contributed by atoms with van der Waals surface area (Å²) in [6, 6.07) is 1.14. The highest BCUT2D eigenvalue weighted by molar-refractivity contribution is 7.38. The number of rotatable bonds is 7. The standard InChI is InChI=1S/C12H26O3Si2/c1-11(2)12(13)15-9-8-10-16(4,5)17(6,7)14-3/h1,8-10H2,2-7H3. The molecule has 0 aromatic carbocycles. The Kier molecular flexibility index (Phi) is 6.36. The van der Waals surface area contributed by atoms with Crippen LogP contribution in [0.2, 0.25) is 32.2 Å². The number of esters is 1. The summed E-state index contributed by atoms with van der Waals surface area (Å²) < 4.78 is 10.8. The Balaban J connectivity index is 4.05. The van der Waals surface area contributed by atoms with Crippen LogP contribution in [0.1, 0.15) is 13.3 Å². The van der Waals surface area contributed by atoms with Gasteiger partial charge in [-0.2, -0.15) is 0 Å². The molecule has 100 valence electrons. The maximum Gasteiger partial charge on any atom is 0.333 e. The highest BCUT2D eigenvalue weighted by Crippen LogP contribution is 2.25. The van der Waals surface area contributed by atoms with Crippen LogP contribution in [0.25, 0.3) is 0 Å². The van der Waals surface area contributed by atoms with E-state index in [1.807, 2.05) is 7.11 Å². The average molecular weight is 275 g/mol. The Morgan fingerprint density at radius 1 is 1.24 bits per heavy atom. The zero-order valence-electron chi connectivity index (χ0n) is 12.1. The van der Waals surface area contributed by atoms with Gasteiger partial charge >= 0.3 is 5.97 Å². The van der Waals surface area contributed by atoms with Crippen LogP contribution in [0, 0.1) is 0 Å². The zero-order valence-corrected chi connectivity index (χ0v) is 14.1. The van der Waals surface area contributed by atoms with Crippen LogP contribution in [0.4, 0.5) is 0 Å². The summed E-state index contributed by atoms with van der Waals surface area (Å²) in [6.45, 7) is 15.0. The average Bonchev–Trinajstić information content (AvgIpc) is 2.23. The number of carbonyl (C=O) groups excluding carboxylic acids is 1. The number of hydrogen-bond donors (Lipinski definition) is 0. The molecular formula is C12H26O3Si2. The van der Waals surface area contributed by atoms with Gasteiger partial charge in [0.05, 0.1) is 14.2 Å². The predicted octanol–water partition coefficient (Wildman–Crippen LogP) is 3.13. The third-order valence-corrected chi connectivity index (χ3v) is 20.7. The number of carbonyl (C=O) groups is 1. The smallest absolute Gasteiger partial charge is 0.333 e. The second-order valence-electron chi connectivity index (χ2n) is 5.62. The Morgan fingerprint density at radius 3 is 2.18 bits per heavy atom. The van der Waals surface area contributed by atoms with E-state index in [-0.39, 0.29) is 5.97 Å². The van der Waals surface area contributed by atoms with Gasteiger partial charge in [-0.15, -0.1) is 0 Å². The first kappa shape index (κ1) is 16.6. The minimum absolute atomic E-state index is 0.285. The van der Waals surface area contributed by atoms with Gasteiger partial charge in [0.1, 0.15) is 0 Å². The molecule has 0 heterocycles. The summed E-state index contributed by atoms with van der Waals surface area (Å²) in [5.41, 5.74) is 0.466. The lowest BCUT2D eigenvalue weighted by molar-refractivity contribution is -0.138. The van der Waals surface area contributed by atoms with Crippen LogP contribution in [0.15, 0.2) is 12.2 Å². The first-order valence-corrected chi connectivity index (χ1v) is 13.1. The van der Waals surface area contributed by atoms with E-state index in [2.05, 4.69) is 32.8 Å². The molecule has 0 aliphatic carbocycles. The van der Waals surface area contributed by atoms with E-state index in [4.69, 9.17) is 9.16 Å². The first-order valence-electron chi connectivity index (χ1n) is 6.02. The second-order valence-corrected chi connectivity index (χ2v) is 21.0. The Bertz CT molecular complexity index is 285. The molecule has 17 heavy (non-hydrogen) atoms. The fourth-order valence-corrected chi connectivity index (χ4v) is 7.56. The molecule has 0 saturated heterocycles. The van der Waals surface area contributed by atoms with Crippen molar-refractivity contribution in [3.8, 4) is 0 Å². The molecule has 0 amide bonds. The predicted molar refractivity (Wildman–Crippen MR) is 77.2 cm³/mol. The van der Waals surface area contributed by atoms with Crippen LogP contribution in [0.5, 0.6) is 0 Å². The highest BCUT2D eigenvalue weighted by atomic mass is 29.3. The molecule has 0 aliphatic rings. The van der Waals surface area contributed by atoms with Gasteiger partial charge < -0.3 is 9.16 Å². The number of ether oxygens (including phenoxy) is 1. The molecule has 0 bridgehead atoms. The SMILES string of the molecule is C=C(C)C(=O)OCCC[Si](C)(C)[Si](C)(C)OC. The molecule has 0 atom stereocenters. The van der Waals surface area contributed by atoms with Gasteiger partial charge in [0.25, 0.3) is 0 Å². The fourth-order valence-electron chi connectivity index (χ4n) is 1.38. The molecule has 0 aliphatic heterocycles. The van der Waals surface area contributed by atoms with Crippen molar-refractivity contribution in [1.82, 2.24) is 0 Å². The molecule has 0 radical (unpaired) electrons. The minimum atomic E-state index is -1.52. The molecule has 0 saturated carbocycles. The van der Waals surface area contributed by atoms with Gasteiger partial charge in [-0.3, -0.25) is 0 Å². The van der Waals surface area contributed by atoms with Crippen molar-refractivity contribution in [2.75, 3.05) is 13.7 Å². The molecule has 0 aromatic rings. The van der Waals surface area contributed by atoms with Gasteiger partial charge in [-0.25, -0.2) is 4.79 Å². The Labute approximate surface area is 107 Å². The monoisotopic (exact) mass is 274 g/mol. The van der Waals surface area contributed by atoms with Gasteiger partial charge in [-0.05, 0) is 26.4 Å². The zero-order chi connectivity index (χ0) is 13.7. The van der Waals surface area contributed by atoms with Crippen molar-refractivity contribution in [3.63, 3.8) is 0 Å². The van der Waals surface area contributed by atoms with Crippen LogP contribution >= 0.6 is 0 Å². The topological polar surface area (TPSA) is 35.5 Å². The van der Waals surface area contributed by atoms with E-state index >= 15 is 0 Å². The van der Waals surface area contributed by atoms with Gasteiger partial charge in [0, 0.05) is 12.7 Å². The van der Waals surface area contributed by atoms with E-state index < -0.39 is 15.4 Å². The van der Waals surface area contributed by atoms with Gasteiger partial charge in [-0.1, -0.05) is 25.7 Å². The lowest BCUT2D eigenvalue weighted by Crippen LogP contribution is -2.56. The van der Waals surface area contributed by atoms with Gasteiger partial charge in [0.2, 0.25) is 0 Å². The molecule has 0 rings (SSSR count). The minimum Gasteiger partial charge on any atom is -0.462 e. The van der Waals surface area contributed by atoms with Crippen LogP contribution in [-0.2, 0) is 14.0 Å². The summed E-state index contributed by atoms with van der Waals surface area (Å²) in [4.78, 5) is 11.2. The van der Waals surface area contributed by atoms with E-state index in [0.717, 1.165) is 12.5 Å². The summed E-state index contributed by atoms with van der Waals surface area (Å²) in [5.74, 6) is -0.285. The summed E-state index contributed by atoms with van der Waals surface area (Å²) in [5, 5.41) is 0. The largest absolute Gasteiger partial charge is 0.462 e. The summed E-state index contributed by atoms with van der Waals surface area (Å²) in [6.07, 6.45) is 0.929. The third-order valence-electron chi connectivity index (χ3n) is 3.67. The summed E-state index contributed by atoms with van der Waals surface area (Å²) >= 11 is 0. The van der Waals surface area contributed by atoms with Crippen molar-refractivity contribution in [2.45, 2.75) is 45.6 Å². The van der Waals surface area contributed by atoms with Crippen molar-refractivity contribution in [2.24, 2.45) is 0 Å². The van der Waals surface area contributed by atoms with E-state index in [1.165, 1.54) is 0 Å². The van der Waals surface area contributed by atoms with Crippen LogP contribution in [-0.4, -0.2) is 35.1 Å². The molecule has 3 nitrogen and oxygen atoms in total. The number of hydrogen-bond acceptors (Lipinski definition) is 3. The quantitative estimate of drug-likeness (QED) is 0.310. The molecular weight excluding hydrogens is 248 g/mol. The molecule has 0 fully saturated rings. The van der Waals surface area contributed by atoms with Gasteiger partial charge in [0.15, 0.2) is 7.83 Å². The van der Waals surface area contributed by atoms with Crippen molar-refractivity contribution >= 4 is 21.4 Å². The lowest BCUT2D eigenvalue weighted by atomic mass is 10.4. The van der Waals surface area contributed by atoms with E-state index in [9.17, 15) is 4.79 Å². The second kappa shape index (κ2) is 6.51. The molecule has 0 spiro atoms. The van der Waals surface area contributed by atoms with Crippen LogP contribution < -0.4 is 0 Å². The van der Waals surface area contributed by atoms with Crippen LogP contribution in [0.3, 0.4) is 0 Å². The van der Waals surface area contributed by atoms with Crippen molar-refractivity contribution in [3.05, 3.63) is 12.2 Å². The Morgan fingerprint density at radius 2 is 1.76 bits per heavy atom. The van der Waals surface area contributed by atoms with Crippen molar-refractivity contribution < 1.29 is 14.0 Å². The molecule has 0 aromatic heterocycles. The lowest BCUT2D eigenvalue weighted by Gasteiger charge is -2.36. The maximum absolute atomic E-state index is 11.2. The maximum atomic E-state index is 11.2. The Hall–Kier alpha value is -0.396. The molecule has 0 unspecified atom stereocenters. The first-order chi connectivity index (χ1) is 7.64. The normalized spacial score (nSPS) is 12.4. The summed E-state index contributed by atoms with van der Waals surface area (Å²) in [7, 11) is -1.03. The van der Waals surface area contributed by atoms with E-state index in [1.54, 1.807) is 6.92 Å². The molecule has 0 N–H and O–H groups in total. The fraction of sp³-hybridized carbons (Fsp3) is 0.750. The highest BCUT2D eigenvalue weighted by Gasteiger charge is 2.41. The molecule has 5 heteroatoms. The third kappa shape index (κ3) is 5.18.